The summed E-state index contributed by atoms with van der Waals surface area (Å²) in [5, 5.41) is 8.98. The Morgan fingerprint density at radius 1 is 1.08 bits per heavy atom. The van der Waals surface area contributed by atoms with Gasteiger partial charge in [-0.15, -0.1) is 0 Å². The molecule has 0 aromatic carbocycles. The number of alkyl halides is 3. The summed E-state index contributed by atoms with van der Waals surface area (Å²) in [5.41, 5.74) is -4.47. The van der Waals surface area contributed by atoms with E-state index in [1.807, 2.05) is 0 Å². The lowest BCUT2D eigenvalue weighted by Gasteiger charge is -2.30. The van der Waals surface area contributed by atoms with Gasteiger partial charge in [-0.05, 0) is 6.92 Å². The minimum Gasteiger partial charge on any atom is -0.374 e. The fourth-order valence-corrected chi connectivity index (χ4v) is 0.859. The van der Waals surface area contributed by atoms with Crippen molar-refractivity contribution in [1.29, 1.82) is 0 Å². The standard InChI is InChI=1S/C8H13F3O2/c1-6(2,3)5(12)7(4,13)8(9,10)11/h13H,1-4H3/t7-/m0/s1. The molecule has 0 radical (unpaired) electrons. The Labute approximate surface area is 74.7 Å². The van der Waals surface area contributed by atoms with Crippen LogP contribution >= 0.6 is 0 Å². The molecule has 13 heavy (non-hydrogen) atoms. The zero-order valence-electron chi connectivity index (χ0n) is 7.99. The Hall–Kier alpha value is -0.580. The first-order valence-corrected chi connectivity index (χ1v) is 3.74. The summed E-state index contributed by atoms with van der Waals surface area (Å²) in [4.78, 5) is 11.2. The van der Waals surface area contributed by atoms with E-state index in [4.69, 9.17) is 5.11 Å². The van der Waals surface area contributed by atoms with Gasteiger partial charge in [0.25, 0.3) is 0 Å². The topological polar surface area (TPSA) is 37.3 Å². The van der Waals surface area contributed by atoms with Crippen LogP contribution < -0.4 is 0 Å². The van der Waals surface area contributed by atoms with Gasteiger partial charge in [-0.3, -0.25) is 4.79 Å². The van der Waals surface area contributed by atoms with Crippen molar-refractivity contribution in [1.82, 2.24) is 0 Å². The number of carbonyl (C=O) groups excluding carboxylic acids is 1. The molecule has 0 saturated carbocycles. The Morgan fingerprint density at radius 3 is 1.46 bits per heavy atom. The van der Waals surface area contributed by atoms with Crippen molar-refractivity contribution in [3.05, 3.63) is 0 Å². The lowest BCUT2D eigenvalue weighted by atomic mass is 9.81. The second-order valence-electron chi connectivity index (χ2n) is 4.15. The van der Waals surface area contributed by atoms with Gasteiger partial charge in [0.05, 0.1) is 0 Å². The van der Waals surface area contributed by atoms with Crippen LogP contribution in [0.4, 0.5) is 13.2 Å². The zero-order valence-corrected chi connectivity index (χ0v) is 7.99. The number of hydrogen-bond acceptors (Lipinski definition) is 2. The molecule has 0 aliphatic rings. The maximum atomic E-state index is 12.1. The first kappa shape index (κ1) is 12.4. The van der Waals surface area contributed by atoms with Gasteiger partial charge in [0.2, 0.25) is 5.60 Å². The summed E-state index contributed by atoms with van der Waals surface area (Å²) >= 11 is 0. The van der Waals surface area contributed by atoms with E-state index >= 15 is 0 Å². The minimum absolute atomic E-state index is 0.473. The Morgan fingerprint density at radius 2 is 1.38 bits per heavy atom. The van der Waals surface area contributed by atoms with E-state index in [0.717, 1.165) is 0 Å². The number of carbonyl (C=O) groups is 1. The van der Waals surface area contributed by atoms with Crippen LogP contribution in [-0.2, 0) is 4.79 Å². The highest BCUT2D eigenvalue weighted by Crippen LogP contribution is 2.35. The number of halogens is 3. The molecule has 0 fully saturated rings. The molecular weight excluding hydrogens is 185 g/mol. The maximum absolute atomic E-state index is 12.1. The van der Waals surface area contributed by atoms with Crippen LogP contribution in [0.5, 0.6) is 0 Å². The summed E-state index contributed by atoms with van der Waals surface area (Å²) < 4.78 is 36.4. The van der Waals surface area contributed by atoms with Crippen molar-refractivity contribution < 1.29 is 23.1 Å². The zero-order chi connectivity index (χ0) is 11.1. The summed E-state index contributed by atoms with van der Waals surface area (Å²) in [7, 11) is 0. The van der Waals surface area contributed by atoms with E-state index in [2.05, 4.69) is 0 Å². The fourth-order valence-electron chi connectivity index (χ4n) is 0.859. The van der Waals surface area contributed by atoms with E-state index < -0.39 is 23.0 Å². The van der Waals surface area contributed by atoms with Gasteiger partial charge < -0.3 is 5.11 Å². The van der Waals surface area contributed by atoms with Gasteiger partial charge in [0.15, 0.2) is 5.78 Å². The van der Waals surface area contributed by atoms with E-state index in [-0.39, 0.29) is 0 Å². The number of ketones is 1. The van der Waals surface area contributed by atoms with Crippen LogP contribution in [0.25, 0.3) is 0 Å². The fraction of sp³-hybridized carbons (Fsp3) is 0.875. The molecule has 0 unspecified atom stereocenters. The summed E-state index contributed by atoms with van der Waals surface area (Å²) in [6.45, 7) is 4.46. The molecule has 0 spiro atoms. The maximum Gasteiger partial charge on any atom is 0.424 e. The molecule has 5 heteroatoms. The van der Waals surface area contributed by atoms with Crippen LogP contribution in [0, 0.1) is 5.41 Å². The average molecular weight is 198 g/mol. The van der Waals surface area contributed by atoms with E-state index in [1.165, 1.54) is 20.8 Å². The largest absolute Gasteiger partial charge is 0.424 e. The van der Waals surface area contributed by atoms with Gasteiger partial charge in [-0.1, -0.05) is 20.8 Å². The number of hydrogen-bond donors (Lipinski definition) is 1. The molecule has 0 aliphatic carbocycles. The highest BCUT2D eigenvalue weighted by molar-refractivity contribution is 5.91. The number of aliphatic hydroxyl groups is 1. The van der Waals surface area contributed by atoms with E-state index in [1.54, 1.807) is 0 Å². The molecule has 0 bridgehead atoms. The molecule has 0 heterocycles. The third kappa shape index (κ3) is 2.43. The molecule has 0 aromatic rings. The predicted molar refractivity (Wildman–Crippen MR) is 41.1 cm³/mol. The lowest BCUT2D eigenvalue weighted by Crippen LogP contribution is -2.53. The first-order valence-electron chi connectivity index (χ1n) is 3.74. The molecule has 0 rings (SSSR count). The molecule has 1 N–H and O–H groups in total. The van der Waals surface area contributed by atoms with Crippen molar-refractivity contribution in [2.45, 2.75) is 39.5 Å². The van der Waals surface area contributed by atoms with E-state index in [0.29, 0.717) is 6.92 Å². The van der Waals surface area contributed by atoms with Crippen LogP contribution in [0.2, 0.25) is 0 Å². The summed E-state index contributed by atoms with van der Waals surface area (Å²) in [5.74, 6) is -1.23. The summed E-state index contributed by atoms with van der Waals surface area (Å²) in [6, 6.07) is 0. The molecule has 1 atom stereocenters. The number of Topliss-reactive ketones (excluding diaryl/α,β-unsaturated/α-hetero) is 1. The molecule has 2 nitrogen and oxygen atoms in total. The lowest BCUT2D eigenvalue weighted by molar-refractivity contribution is -0.247. The Balaban J connectivity index is 4.98. The van der Waals surface area contributed by atoms with Crippen LogP contribution in [-0.4, -0.2) is 22.7 Å². The van der Waals surface area contributed by atoms with Crippen LogP contribution in [0.3, 0.4) is 0 Å². The van der Waals surface area contributed by atoms with Crippen LogP contribution in [0.1, 0.15) is 27.7 Å². The Kier molecular flexibility index (Phi) is 2.84. The van der Waals surface area contributed by atoms with Gasteiger partial charge >= 0.3 is 6.18 Å². The second-order valence-corrected chi connectivity index (χ2v) is 4.15. The molecule has 0 saturated heterocycles. The SMILES string of the molecule is CC(C)(C)C(=O)[C@](C)(O)C(F)(F)F. The smallest absolute Gasteiger partial charge is 0.374 e. The Bertz CT molecular complexity index is 210. The summed E-state index contributed by atoms with van der Waals surface area (Å²) in [6.07, 6.45) is -4.92. The second kappa shape index (κ2) is 2.97. The normalized spacial score (nSPS) is 18.2. The third-order valence-electron chi connectivity index (χ3n) is 1.68. The quantitative estimate of drug-likeness (QED) is 0.698. The van der Waals surface area contributed by atoms with Gasteiger partial charge in [0, 0.05) is 5.41 Å². The van der Waals surface area contributed by atoms with Crippen molar-refractivity contribution >= 4 is 5.78 Å². The predicted octanol–water partition coefficient (Wildman–Crippen LogP) is 1.91. The van der Waals surface area contributed by atoms with Crippen LogP contribution in [0.15, 0.2) is 0 Å². The highest BCUT2D eigenvalue weighted by Gasteiger charge is 2.57. The monoisotopic (exact) mass is 198 g/mol. The average Bonchev–Trinajstić information content (AvgIpc) is 1.81. The molecule has 78 valence electrons. The molecular formula is C8H13F3O2. The van der Waals surface area contributed by atoms with E-state index in [9.17, 15) is 18.0 Å². The molecule has 0 amide bonds. The van der Waals surface area contributed by atoms with Crippen molar-refractivity contribution in [3.8, 4) is 0 Å². The first-order chi connectivity index (χ1) is 5.40. The van der Waals surface area contributed by atoms with Gasteiger partial charge in [-0.2, -0.15) is 13.2 Å². The molecule has 0 aliphatic heterocycles. The van der Waals surface area contributed by atoms with Gasteiger partial charge in [0.1, 0.15) is 0 Å². The minimum atomic E-state index is -4.92. The van der Waals surface area contributed by atoms with Gasteiger partial charge in [-0.25, -0.2) is 0 Å². The highest BCUT2D eigenvalue weighted by atomic mass is 19.4. The van der Waals surface area contributed by atoms with Crippen molar-refractivity contribution in [2.24, 2.45) is 5.41 Å². The number of rotatable bonds is 1. The van der Waals surface area contributed by atoms with Crippen molar-refractivity contribution in [3.63, 3.8) is 0 Å². The molecule has 0 aromatic heterocycles. The van der Waals surface area contributed by atoms with Crippen molar-refractivity contribution in [2.75, 3.05) is 0 Å². The third-order valence-corrected chi connectivity index (χ3v) is 1.68.